The van der Waals surface area contributed by atoms with Gasteiger partial charge in [0.2, 0.25) is 5.91 Å². The number of allylic oxidation sites excluding steroid dienone is 3. The van der Waals surface area contributed by atoms with Crippen LogP contribution in [0, 0.1) is 0 Å². The summed E-state index contributed by atoms with van der Waals surface area (Å²) in [6.45, 7) is 4.86. The minimum Gasteiger partial charge on any atom is -0.466 e. The van der Waals surface area contributed by atoms with Gasteiger partial charge in [0, 0.05) is 12.8 Å². The molecule has 0 fully saturated rings. The summed E-state index contributed by atoms with van der Waals surface area (Å²) in [4.78, 5) is 24.4. The monoisotopic (exact) mass is 818 g/mol. The fourth-order valence-electron chi connectivity index (χ4n) is 7.74. The van der Waals surface area contributed by atoms with Gasteiger partial charge in [-0.05, 0) is 57.8 Å². The smallest absolute Gasteiger partial charge is 0.305 e. The second-order valence-corrected chi connectivity index (χ2v) is 17.5. The highest BCUT2D eigenvalue weighted by Crippen LogP contribution is 2.16. The lowest BCUT2D eigenvalue weighted by Gasteiger charge is -2.20. The average Bonchev–Trinajstić information content (AvgIpc) is 3.22. The fraction of sp³-hybridized carbons (Fsp3) is 0.885. The first-order chi connectivity index (χ1) is 28.5. The van der Waals surface area contributed by atoms with Crippen LogP contribution in [0.25, 0.3) is 0 Å². The molecule has 1 amide bonds. The highest BCUT2D eigenvalue weighted by atomic mass is 16.5. The van der Waals surface area contributed by atoms with Crippen LogP contribution in [0.15, 0.2) is 24.3 Å². The lowest BCUT2D eigenvalue weighted by atomic mass is 10.0. The van der Waals surface area contributed by atoms with Crippen LogP contribution >= 0.6 is 0 Å². The summed E-state index contributed by atoms with van der Waals surface area (Å²) in [5.74, 6) is -0.0916. The van der Waals surface area contributed by atoms with E-state index in [1.807, 2.05) is 6.08 Å². The molecule has 0 heterocycles. The Balaban J connectivity index is 3.47. The Morgan fingerprint density at radius 1 is 0.466 bits per heavy atom. The van der Waals surface area contributed by atoms with Crippen LogP contribution in [0.2, 0.25) is 0 Å². The largest absolute Gasteiger partial charge is 0.466 e. The highest BCUT2D eigenvalue weighted by molar-refractivity contribution is 5.76. The number of carbonyl (C=O) groups is 2. The predicted octanol–water partition coefficient (Wildman–Crippen LogP) is 15.1. The number of unbranched alkanes of at least 4 members (excludes halogenated alkanes) is 34. The van der Waals surface area contributed by atoms with Crippen LogP contribution in [0.5, 0.6) is 0 Å². The van der Waals surface area contributed by atoms with Gasteiger partial charge in [-0.25, -0.2) is 0 Å². The SMILES string of the molecule is CCCCCCC/C=C\CCCCCCCC(=O)OCCCCCCCCCCCCCCCCC(=O)NC(CO)C(O)/C=C/CCCCCCCCCCCCC. The molecule has 3 N–H and O–H groups in total. The summed E-state index contributed by atoms with van der Waals surface area (Å²) in [6.07, 6.45) is 56.0. The standard InChI is InChI=1S/C52H99NO5/c1-3-5-7-9-11-13-15-17-22-26-30-34-38-42-46-52(57)58-47-43-39-35-31-27-23-19-18-21-25-29-33-37-41-45-51(56)53-49(48-54)50(55)44-40-36-32-28-24-20-16-14-12-10-8-6-4-2/h15,17,40,44,49-50,54-55H,3-14,16,18-39,41-43,45-48H2,1-2H3,(H,53,56)/b17-15-,44-40+. The minimum absolute atomic E-state index is 0.0123. The van der Waals surface area contributed by atoms with Gasteiger partial charge < -0.3 is 20.3 Å². The van der Waals surface area contributed by atoms with E-state index in [4.69, 9.17) is 4.74 Å². The number of nitrogens with one attached hydrogen (secondary N) is 1. The second-order valence-electron chi connectivity index (χ2n) is 17.5. The molecule has 0 radical (unpaired) electrons. The van der Waals surface area contributed by atoms with Gasteiger partial charge in [-0.3, -0.25) is 9.59 Å². The third-order valence-corrected chi connectivity index (χ3v) is 11.7. The van der Waals surface area contributed by atoms with Crippen molar-refractivity contribution in [1.29, 1.82) is 0 Å². The molecular formula is C52H99NO5. The lowest BCUT2D eigenvalue weighted by molar-refractivity contribution is -0.143. The maximum Gasteiger partial charge on any atom is 0.305 e. The van der Waals surface area contributed by atoms with Crippen LogP contribution in [-0.2, 0) is 14.3 Å². The molecule has 0 rings (SSSR count). The van der Waals surface area contributed by atoms with Crippen molar-refractivity contribution >= 4 is 11.9 Å². The molecule has 58 heavy (non-hydrogen) atoms. The van der Waals surface area contributed by atoms with Gasteiger partial charge in [-0.1, -0.05) is 224 Å². The Labute approximate surface area is 361 Å². The van der Waals surface area contributed by atoms with Gasteiger partial charge >= 0.3 is 5.97 Å². The van der Waals surface area contributed by atoms with E-state index < -0.39 is 12.1 Å². The number of amides is 1. The van der Waals surface area contributed by atoms with E-state index in [-0.39, 0.29) is 18.5 Å². The maximum atomic E-state index is 12.4. The molecule has 0 saturated heterocycles. The zero-order valence-corrected chi connectivity index (χ0v) is 38.8. The molecule has 0 aliphatic carbocycles. The number of hydrogen-bond donors (Lipinski definition) is 3. The lowest BCUT2D eigenvalue weighted by Crippen LogP contribution is -2.45. The molecule has 0 aliphatic rings. The molecule has 6 nitrogen and oxygen atoms in total. The first kappa shape index (κ1) is 56.3. The summed E-state index contributed by atoms with van der Waals surface area (Å²) in [5.41, 5.74) is 0. The summed E-state index contributed by atoms with van der Waals surface area (Å²) in [6, 6.07) is -0.635. The van der Waals surface area contributed by atoms with Crippen molar-refractivity contribution in [2.45, 2.75) is 283 Å². The summed E-state index contributed by atoms with van der Waals surface area (Å²) < 4.78 is 5.46. The van der Waals surface area contributed by atoms with Crippen molar-refractivity contribution in [3.05, 3.63) is 24.3 Å². The summed E-state index contributed by atoms with van der Waals surface area (Å²) in [5, 5.41) is 23.0. The van der Waals surface area contributed by atoms with Crippen molar-refractivity contribution in [1.82, 2.24) is 5.32 Å². The van der Waals surface area contributed by atoms with Crippen LogP contribution in [0.4, 0.5) is 0 Å². The third kappa shape index (κ3) is 43.9. The third-order valence-electron chi connectivity index (χ3n) is 11.7. The Kier molecular flexibility index (Phi) is 46.6. The molecule has 0 aromatic rings. The van der Waals surface area contributed by atoms with Crippen molar-refractivity contribution in [2.24, 2.45) is 0 Å². The van der Waals surface area contributed by atoms with E-state index in [0.29, 0.717) is 19.4 Å². The van der Waals surface area contributed by atoms with Crippen LogP contribution < -0.4 is 5.32 Å². The first-order valence-electron chi connectivity index (χ1n) is 25.6. The maximum absolute atomic E-state index is 12.4. The number of aliphatic hydroxyl groups is 2. The van der Waals surface area contributed by atoms with E-state index in [0.717, 1.165) is 57.8 Å². The van der Waals surface area contributed by atoms with Crippen LogP contribution in [-0.4, -0.2) is 47.4 Å². The molecule has 0 aromatic heterocycles. The van der Waals surface area contributed by atoms with Gasteiger partial charge in [-0.15, -0.1) is 0 Å². The van der Waals surface area contributed by atoms with Gasteiger partial charge in [-0.2, -0.15) is 0 Å². The molecule has 2 unspecified atom stereocenters. The van der Waals surface area contributed by atoms with Gasteiger partial charge in [0.25, 0.3) is 0 Å². The Morgan fingerprint density at radius 3 is 1.22 bits per heavy atom. The summed E-state index contributed by atoms with van der Waals surface area (Å²) >= 11 is 0. The average molecular weight is 818 g/mol. The number of ether oxygens (including phenoxy) is 1. The predicted molar refractivity (Wildman–Crippen MR) is 250 cm³/mol. The zero-order valence-electron chi connectivity index (χ0n) is 38.8. The van der Waals surface area contributed by atoms with Crippen molar-refractivity contribution in [3.8, 4) is 0 Å². The molecule has 0 saturated carbocycles. The van der Waals surface area contributed by atoms with Gasteiger partial charge in [0.1, 0.15) is 0 Å². The summed E-state index contributed by atoms with van der Waals surface area (Å²) in [7, 11) is 0. The fourth-order valence-corrected chi connectivity index (χ4v) is 7.74. The zero-order chi connectivity index (χ0) is 42.3. The Morgan fingerprint density at radius 2 is 0.810 bits per heavy atom. The number of rotatable bonds is 47. The van der Waals surface area contributed by atoms with Crippen molar-refractivity contribution < 1.29 is 24.5 Å². The van der Waals surface area contributed by atoms with E-state index in [9.17, 15) is 19.8 Å². The van der Waals surface area contributed by atoms with E-state index in [1.54, 1.807) is 6.08 Å². The van der Waals surface area contributed by atoms with Crippen molar-refractivity contribution in [2.75, 3.05) is 13.2 Å². The van der Waals surface area contributed by atoms with E-state index in [1.165, 1.54) is 186 Å². The van der Waals surface area contributed by atoms with Gasteiger partial charge in [0.15, 0.2) is 0 Å². The molecular weight excluding hydrogens is 719 g/mol. The molecule has 2 atom stereocenters. The van der Waals surface area contributed by atoms with Gasteiger partial charge in [0.05, 0.1) is 25.4 Å². The first-order valence-corrected chi connectivity index (χ1v) is 25.6. The number of hydrogen-bond acceptors (Lipinski definition) is 5. The molecule has 0 spiro atoms. The van der Waals surface area contributed by atoms with Crippen LogP contribution in [0.3, 0.4) is 0 Å². The van der Waals surface area contributed by atoms with E-state index in [2.05, 4.69) is 31.3 Å². The number of carbonyl (C=O) groups excluding carboxylic acids is 2. The molecule has 0 bridgehead atoms. The second kappa shape index (κ2) is 48.0. The molecule has 0 aliphatic heterocycles. The Bertz CT molecular complexity index is 904. The minimum atomic E-state index is -0.850. The molecule has 342 valence electrons. The normalized spacial score (nSPS) is 12.8. The quantitative estimate of drug-likeness (QED) is 0.0323. The number of esters is 1. The van der Waals surface area contributed by atoms with E-state index >= 15 is 0 Å². The van der Waals surface area contributed by atoms with Crippen molar-refractivity contribution in [3.63, 3.8) is 0 Å². The topological polar surface area (TPSA) is 95.9 Å². The number of aliphatic hydroxyl groups excluding tert-OH is 2. The Hall–Kier alpha value is -1.66. The molecule has 6 heteroatoms. The van der Waals surface area contributed by atoms with Crippen LogP contribution in [0.1, 0.15) is 271 Å². The molecule has 0 aromatic carbocycles. The highest BCUT2D eigenvalue weighted by Gasteiger charge is 2.18.